The van der Waals surface area contributed by atoms with Crippen LogP contribution < -0.4 is 9.47 Å². The lowest BCUT2D eigenvalue weighted by molar-refractivity contribution is -0.139. The summed E-state index contributed by atoms with van der Waals surface area (Å²) in [6.45, 7) is 3.67. The van der Waals surface area contributed by atoms with Crippen molar-refractivity contribution >= 4 is 17.4 Å². The Bertz CT molecular complexity index is 1300. The normalized spacial score (nSPS) is 16.7. The van der Waals surface area contributed by atoms with E-state index in [1.807, 2.05) is 80.5 Å². The van der Waals surface area contributed by atoms with Gasteiger partial charge in [-0.25, -0.2) is 0 Å². The van der Waals surface area contributed by atoms with E-state index in [-0.39, 0.29) is 11.3 Å². The van der Waals surface area contributed by atoms with E-state index >= 15 is 0 Å². The van der Waals surface area contributed by atoms with Gasteiger partial charge in [0.1, 0.15) is 23.0 Å². The molecule has 1 aliphatic rings. The highest BCUT2D eigenvalue weighted by Gasteiger charge is 2.46. The summed E-state index contributed by atoms with van der Waals surface area (Å²) in [5.74, 6) is 0.288. The van der Waals surface area contributed by atoms with Crippen molar-refractivity contribution < 1.29 is 24.2 Å². The average molecular weight is 515 g/mol. The number of rotatable bonds is 11. The number of carbonyl (C=O) groups excluding carboxylic acids is 2. The first-order chi connectivity index (χ1) is 18.4. The number of ether oxygens (including phenoxy) is 2. The Labute approximate surface area is 223 Å². The van der Waals surface area contributed by atoms with Crippen LogP contribution in [0.3, 0.4) is 0 Å². The smallest absolute Gasteiger partial charge is 0.295 e. The predicted octanol–water partition coefficient (Wildman–Crippen LogP) is 5.64. The summed E-state index contributed by atoms with van der Waals surface area (Å²) >= 11 is 0. The van der Waals surface area contributed by atoms with Gasteiger partial charge in [0.15, 0.2) is 0 Å². The number of aliphatic hydroxyl groups is 1. The third-order valence-electron chi connectivity index (χ3n) is 6.28. The largest absolute Gasteiger partial charge is 0.507 e. The summed E-state index contributed by atoms with van der Waals surface area (Å²) in [7, 11) is 3.92. The third-order valence-corrected chi connectivity index (χ3v) is 6.28. The highest BCUT2D eigenvalue weighted by atomic mass is 16.5. The van der Waals surface area contributed by atoms with Crippen LogP contribution in [0.5, 0.6) is 17.2 Å². The molecule has 38 heavy (non-hydrogen) atoms. The van der Waals surface area contributed by atoms with Gasteiger partial charge in [0.05, 0.1) is 18.2 Å². The second-order valence-electron chi connectivity index (χ2n) is 9.51. The summed E-state index contributed by atoms with van der Waals surface area (Å²) in [6.07, 6.45) is 1.52. The molecule has 1 aliphatic heterocycles. The topological polar surface area (TPSA) is 79.3 Å². The lowest BCUT2D eigenvalue weighted by atomic mass is 9.95. The molecule has 0 aliphatic carbocycles. The molecule has 1 N–H and O–H groups in total. The number of nitrogens with zero attached hydrogens (tertiary/aromatic N) is 2. The Morgan fingerprint density at radius 1 is 0.921 bits per heavy atom. The lowest BCUT2D eigenvalue weighted by Crippen LogP contribution is -2.32. The van der Waals surface area contributed by atoms with Crippen molar-refractivity contribution in [1.29, 1.82) is 0 Å². The Morgan fingerprint density at radius 2 is 1.63 bits per heavy atom. The molecule has 0 saturated carbocycles. The van der Waals surface area contributed by atoms with Gasteiger partial charge in [-0.3, -0.25) is 9.59 Å². The van der Waals surface area contributed by atoms with Crippen LogP contribution in [0.15, 0.2) is 84.4 Å². The summed E-state index contributed by atoms with van der Waals surface area (Å²) < 4.78 is 11.7. The second kappa shape index (κ2) is 12.4. The molecule has 4 rings (SSSR count). The molecule has 7 nitrogen and oxygen atoms in total. The first kappa shape index (κ1) is 26.9. The van der Waals surface area contributed by atoms with Gasteiger partial charge in [0.2, 0.25) is 0 Å². The number of para-hydroxylation sites is 1. The number of ketones is 1. The van der Waals surface area contributed by atoms with E-state index in [9.17, 15) is 14.7 Å². The van der Waals surface area contributed by atoms with Gasteiger partial charge in [0, 0.05) is 12.1 Å². The molecule has 3 aromatic carbocycles. The van der Waals surface area contributed by atoms with E-state index in [0.29, 0.717) is 47.9 Å². The predicted molar refractivity (Wildman–Crippen MR) is 147 cm³/mol. The van der Waals surface area contributed by atoms with Crippen molar-refractivity contribution in [1.82, 2.24) is 9.80 Å². The minimum absolute atomic E-state index is 0.0596. The van der Waals surface area contributed by atoms with Crippen LogP contribution in [0.4, 0.5) is 0 Å². The van der Waals surface area contributed by atoms with E-state index in [0.717, 1.165) is 13.0 Å². The molecule has 0 radical (unpaired) electrons. The van der Waals surface area contributed by atoms with Crippen LogP contribution in [-0.2, 0) is 9.59 Å². The number of amides is 1. The van der Waals surface area contributed by atoms with Gasteiger partial charge in [-0.05, 0) is 75.4 Å². The maximum Gasteiger partial charge on any atom is 0.295 e. The first-order valence-electron chi connectivity index (χ1n) is 12.9. The number of carbonyl (C=O) groups is 2. The van der Waals surface area contributed by atoms with Crippen molar-refractivity contribution in [3.05, 3.63) is 95.6 Å². The van der Waals surface area contributed by atoms with E-state index in [4.69, 9.17) is 9.47 Å². The molecular weight excluding hydrogens is 480 g/mol. The molecule has 1 heterocycles. The second-order valence-corrected chi connectivity index (χ2v) is 9.51. The monoisotopic (exact) mass is 514 g/mol. The molecule has 1 unspecified atom stereocenters. The number of benzene rings is 3. The molecule has 1 atom stereocenters. The summed E-state index contributed by atoms with van der Waals surface area (Å²) in [5.41, 5.74) is 1.17. The first-order valence-corrected chi connectivity index (χ1v) is 12.9. The quantitative estimate of drug-likeness (QED) is 0.203. The molecule has 1 amide bonds. The number of aliphatic hydroxyl groups excluding tert-OH is 1. The SMILES string of the molecule is CCCOc1cccc(/C(O)=C2/C(=O)C(=O)N(CCCN(C)C)C2c2cccc(Oc3ccccc3)c2)c1. The number of hydrogen-bond acceptors (Lipinski definition) is 6. The molecule has 1 fully saturated rings. The minimum atomic E-state index is -0.753. The van der Waals surface area contributed by atoms with Crippen molar-refractivity contribution in [3.8, 4) is 17.2 Å². The minimum Gasteiger partial charge on any atom is -0.507 e. The zero-order chi connectivity index (χ0) is 27.1. The number of Topliss-reactive ketones (excluding diaryl/α,β-unsaturated/α-hetero) is 1. The number of likely N-dealkylation sites (tertiary alicyclic amines) is 1. The van der Waals surface area contributed by atoms with Crippen LogP contribution in [0.2, 0.25) is 0 Å². The molecule has 0 spiro atoms. The molecule has 198 valence electrons. The Hall–Kier alpha value is -4.10. The van der Waals surface area contributed by atoms with Crippen molar-refractivity contribution in [2.75, 3.05) is 33.8 Å². The Morgan fingerprint density at radius 3 is 2.37 bits per heavy atom. The van der Waals surface area contributed by atoms with Crippen LogP contribution in [0.1, 0.15) is 36.9 Å². The Kier molecular flexibility index (Phi) is 8.81. The zero-order valence-electron chi connectivity index (χ0n) is 22.1. The summed E-state index contributed by atoms with van der Waals surface area (Å²) in [4.78, 5) is 30.2. The van der Waals surface area contributed by atoms with Crippen LogP contribution in [0, 0.1) is 0 Å². The molecule has 7 heteroatoms. The standard InChI is InChI=1S/C31H34N2O5/c1-4-19-37-25-15-9-12-23(21-25)29(34)27-28(33(31(36)30(27)35)18-10-17-32(2)3)22-11-8-16-26(20-22)38-24-13-6-5-7-14-24/h5-9,11-16,20-21,28,34H,4,10,17-19H2,1-3H3/b29-27-. The Balaban J connectivity index is 1.76. The van der Waals surface area contributed by atoms with Gasteiger partial charge in [-0.2, -0.15) is 0 Å². The molecule has 1 saturated heterocycles. The maximum atomic E-state index is 13.4. The van der Waals surface area contributed by atoms with E-state index in [1.54, 1.807) is 29.2 Å². The molecule has 3 aromatic rings. The van der Waals surface area contributed by atoms with E-state index in [1.165, 1.54) is 0 Å². The fraction of sp³-hybridized carbons (Fsp3) is 0.290. The van der Waals surface area contributed by atoms with Crippen molar-refractivity contribution in [3.63, 3.8) is 0 Å². The van der Waals surface area contributed by atoms with Gasteiger partial charge in [0.25, 0.3) is 11.7 Å². The highest BCUT2D eigenvalue weighted by Crippen LogP contribution is 2.41. The molecular formula is C31H34N2O5. The van der Waals surface area contributed by atoms with Gasteiger partial charge in [-0.15, -0.1) is 0 Å². The molecule has 0 aromatic heterocycles. The number of hydrogen-bond donors (Lipinski definition) is 1. The lowest BCUT2D eigenvalue weighted by Gasteiger charge is -2.26. The third kappa shape index (κ3) is 6.23. The van der Waals surface area contributed by atoms with Gasteiger partial charge >= 0.3 is 0 Å². The summed E-state index contributed by atoms with van der Waals surface area (Å²) in [6, 6.07) is 22.9. The fourth-order valence-electron chi connectivity index (χ4n) is 4.50. The van der Waals surface area contributed by atoms with Crippen LogP contribution in [-0.4, -0.2) is 60.4 Å². The zero-order valence-corrected chi connectivity index (χ0v) is 22.1. The maximum absolute atomic E-state index is 13.4. The average Bonchev–Trinajstić information content (AvgIpc) is 3.17. The fourth-order valence-corrected chi connectivity index (χ4v) is 4.50. The van der Waals surface area contributed by atoms with Gasteiger partial charge in [-0.1, -0.05) is 49.4 Å². The van der Waals surface area contributed by atoms with Crippen molar-refractivity contribution in [2.45, 2.75) is 25.8 Å². The highest BCUT2D eigenvalue weighted by molar-refractivity contribution is 6.46. The molecule has 0 bridgehead atoms. The van der Waals surface area contributed by atoms with E-state index in [2.05, 4.69) is 0 Å². The van der Waals surface area contributed by atoms with Gasteiger partial charge < -0.3 is 24.4 Å². The van der Waals surface area contributed by atoms with E-state index < -0.39 is 17.7 Å². The van der Waals surface area contributed by atoms with Crippen molar-refractivity contribution in [2.24, 2.45) is 0 Å². The van der Waals surface area contributed by atoms with Crippen LogP contribution >= 0.6 is 0 Å². The summed E-state index contributed by atoms with van der Waals surface area (Å²) in [5, 5.41) is 11.4. The van der Waals surface area contributed by atoms with Crippen LogP contribution in [0.25, 0.3) is 5.76 Å².